The van der Waals surface area contributed by atoms with Crippen LogP contribution in [0.5, 0.6) is 0 Å². The van der Waals surface area contributed by atoms with Crippen LogP contribution >= 0.6 is 0 Å². The summed E-state index contributed by atoms with van der Waals surface area (Å²) in [5, 5.41) is 4.72. The van der Waals surface area contributed by atoms with Crippen LogP contribution in [0.3, 0.4) is 0 Å². The Labute approximate surface area is 297 Å². The van der Waals surface area contributed by atoms with Gasteiger partial charge in [0.2, 0.25) is 0 Å². The van der Waals surface area contributed by atoms with Gasteiger partial charge >= 0.3 is 0 Å². The fourth-order valence-electron chi connectivity index (χ4n) is 8.25. The molecule has 0 amide bonds. The van der Waals surface area contributed by atoms with Gasteiger partial charge in [0.1, 0.15) is 11.2 Å². The summed E-state index contributed by atoms with van der Waals surface area (Å²) in [5.74, 6) is 0. The second-order valence-electron chi connectivity index (χ2n) is 14.2. The highest BCUT2D eigenvalue weighted by Crippen LogP contribution is 2.51. The third kappa shape index (κ3) is 4.71. The van der Waals surface area contributed by atoms with Crippen molar-refractivity contribution < 1.29 is 4.42 Å². The molecule has 0 radical (unpaired) electrons. The minimum absolute atomic E-state index is 0.0933. The van der Waals surface area contributed by atoms with Crippen LogP contribution in [0.2, 0.25) is 0 Å². The zero-order valence-electron chi connectivity index (χ0n) is 28.6. The summed E-state index contributed by atoms with van der Waals surface area (Å²) in [4.78, 5) is 2.40. The zero-order valence-corrected chi connectivity index (χ0v) is 28.6. The lowest BCUT2D eigenvalue weighted by molar-refractivity contribution is 0.660. The molecule has 0 unspecified atom stereocenters. The van der Waals surface area contributed by atoms with Crippen molar-refractivity contribution in [2.24, 2.45) is 0 Å². The first kappa shape index (κ1) is 29.5. The van der Waals surface area contributed by atoms with E-state index in [1.165, 1.54) is 44.2 Å². The molecule has 1 aliphatic rings. The Balaban J connectivity index is 1.13. The summed E-state index contributed by atoms with van der Waals surface area (Å²) in [7, 11) is 0. The van der Waals surface area contributed by atoms with E-state index >= 15 is 0 Å². The highest BCUT2D eigenvalue weighted by Gasteiger charge is 2.35. The lowest BCUT2D eigenvalue weighted by atomic mass is 9.82. The van der Waals surface area contributed by atoms with E-state index in [9.17, 15) is 0 Å². The van der Waals surface area contributed by atoms with Crippen LogP contribution in [0.15, 0.2) is 180 Å². The molecule has 10 rings (SSSR count). The van der Waals surface area contributed by atoms with Crippen LogP contribution in [0, 0.1) is 0 Å². The standard InChI is InChI=1S/C49H35NO/c1-49(2)45-18-10-8-16-39(45)40-27-26-38(29-46(40)49)50(37-25-20-32-12-6-7-15-35(32)28-37)36-23-21-34(22-24-36)43-31-48-44(41-17-9-11-19-47(41)51-48)30-42(43)33-13-4-3-5-14-33/h3-31H,1-2H3. The second kappa shape index (κ2) is 11.3. The number of hydrogen-bond donors (Lipinski definition) is 0. The fourth-order valence-corrected chi connectivity index (χ4v) is 8.25. The molecule has 0 saturated carbocycles. The normalized spacial score (nSPS) is 13.1. The number of anilines is 3. The van der Waals surface area contributed by atoms with Gasteiger partial charge < -0.3 is 9.32 Å². The summed E-state index contributed by atoms with van der Waals surface area (Å²) in [6.07, 6.45) is 0. The molecule has 9 aromatic rings. The van der Waals surface area contributed by atoms with Crippen LogP contribution < -0.4 is 4.90 Å². The van der Waals surface area contributed by atoms with Gasteiger partial charge in [-0.25, -0.2) is 0 Å². The van der Waals surface area contributed by atoms with Crippen LogP contribution in [0.4, 0.5) is 17.1 Å². The summed E-state index contributed by atoms with van der Waals surface area (Å²) in [5.41, 5.74) is 15.1. The number of benzene rings is 8. The van der Waals surface area contributed by atoms with Crippen LogP contribution in [-0.4, -0.2) is 0 Å². The van der Waals surface area contributed by atoms with Gasteiger partial charge in [-0.2, -0.15) is 0 Å². The summed E-state index contributed by atoms with van der Waals surface area (Å²) in [6, 6.07) is 63.7. The molecule has 51 heavy (non-hydrogen) atoms. The Morgan fingerprint density at radius 1 is 0.392 bits per heavy atom. The lowest BCUT2D eigenvalue weighted by Gasteiger charge is -2.28. The number of fused-ring (bicyclic) bond motifs is 7. The van der Waals surface area contributed by atoms with Gasteiger partial charge in [-0.15, -0.1) is 0 Å². The molecule has 242 valence electrons. The van der Waals surface area contributed by atoms with E-state index in [-0.39, 0.29) is 5.41 Å². The Morgan fingerprint density at radius 3 is 1.88 bits per heavy atom. The molecule has 0 aliphatic heterocycles. The maximum absolute atomic E-state index is 6.39. The average Bonchev–Trinajstić information content (AvgIpc) is 3.66. The van der Waals surface area contributed by atoms with Crippen molar-refractivity contribution in [1.29, 1.82) is 0 Å². The Bertz CT molecular complexity index is 2770. The summed E-state index contributed by atoms with van der Waals surface area (Å²) < 4.78 is 6.39. The minimum atomic E-state index is -0.0933. The second-order valence-corrected chi connectivity index (χ2v) is 14.2. The predicted molar refractivity (Wildman–Crippen MR) is 214 cm³/mol. The van der Waals surface area contributed by atoms with E-state index in [0.29, 0.717) is 0 Å². The fraction of sp³-hybridized carbons (Fsp3) is 0.0612. The number of hydrogen-bond acceptors (Lipinski definition) is 2. The molecular formula is C49H35NO. The summed E-state index contributed by atoms with van der Waals surface area (Å²) >= 11 is 0. The predicted octanol–water partition coefficient (Wildman–Crippen LogP) is 13.8. The van der Waals surface area contributed by atoms with Gasteiger partial charge in [-0.3, -0.25) is 0 Å². The topological polar surface area (TPSA) is 16.4 Å². The monoisotopic (exact) mass is 653 g/mol. The van der Waals surface area contributed by atoms with E-state index in [4.69, 9.17) is 4.42 Å². The molecule has 0 spiro atoms. The maximum Gasteiger partial charge on any atom is 0.136 e. The first-order valence-electron chi connectivity index (χ1n) is 17.7. The molecule has 1 aliphatic carbocycles. The average molecular weight is 654 g/mol. The number of nitrogens with zero attached hydrogens (tertiary/aromatic N) is 1. The zero-order chi connectivity index (χ0) is 34.1. The van der Waals surface area contributed by atoms with Crippen LogP contribution in [0.1, 0.15) is 25.0 Å². The van der Waals surface area contributed by atoms with Crippen molar-refractivity contribution in [2.75, 3.05) is 4.90 Å². The molecule has 1 heterocycles. The third-order valence-electron chi connectivity index (χ3n) is 10.9. The van der Waals surface area contributed by atoms with E-state index < -0.39 is 0 Å². The molecule has 1 aromatic heterocycles. The van der Waals surface area contributed by atoms with E-state index in [0.717, 1.165) is 50.1 Å². The molecule has 0 saturated heterocycles. The van der Waals surface area contributed by atoms with Gasteiger partial charge in [0.25, 0.3) is 0 Å². The first-order valence-corrected chi connectivity index (χ1v) is 17.7. The van der Waals surface area contributed by atoms with E-state index in [1.807, 2.05) is 12.1 Å². The molecular weight excluding hydrogens is 619 g/mol. The van der Waals surface area contributed by atoms with Crippen molar-refractivity contribution in [3.05, 3.63) is 187 Å². The van der Waals surface area contributed by atoms with Crippen molar-refractivity contribution in [3.63, 3.8) is 0 Å². The SMILES string of the molecule is CC1(C)c2ccccc2-c2ccc(N(c3ccc(-c4cc5oc6ccccc6c5cc4-c4ccccc4)cc3)c3ccc4ccccc4c3)cc21. The van der Waals surface area contributed by atoms with E-state index in [1.54, 1.807) is 0 Å². The van der Waals surface area contributed by atoms with Crippen LogP contribution in [-0.2, 0) is 5.41 Å². The molecule has 2 heteroatoms. The van der Waals surface area contributed by atoms with Crippen molar-refractivity contribution in [3.8, 4) is 33.4 Å². The number of furan rings is 1. The Hall–Kier alpha value is -6.38. The van der Waals surface area contributed by atoms with E-state index in [2.05, 4.69) is 183 Å². The highest BCUT2D eigenvalue weighted by atomic mass is 16.3. The Kier molecular flexibility index (Phi) is 6.56. The molecule has 8 aromatic carbocycles. The van der Waals surface area contributed by atoms with Crippen molar-refractivity contribution in [2.45, 2.75) is 19.3 Å². The molecule has 0 bridgehead atoms. The Morgan fingerprint density at radius 2 is 1.02 bits per heavy atom. The smallest absolute Gasteiger partial charge is 0.136 e. The first-order chi connectivity index (χ1) is 25.0. The highest BCUT2D eigenvalue weighted by molar-refractivity contribution is 6.09. The van der Waals surface area contributed by atoms with Gasteiger partial charge in [0.15, 0.2) is 0 Å². The molecule has 0 N–H and O–H groups in total. The molecule has 0 fully saturated rings. The number of rotatable bonds is 5. The third-order valence-corrected chi connectivity index (χ3v) is 10.9. The number of para-hydroxylation sites is 1. The maximum atomic E-state index is 6.39. The van der Waals surface area contributed by atoms with Crippen molar-refractivity contribution >= 4 is 49.8 Å². The van der Waals surface area contributed by atoms with Gasteiger partial charge in [0, 0.05) is 33.2 Å². The molecule has 2 nitrogen and oxygen atoms in total. The van der Waals surface area contributed by atoms with Gasteiger partial charge in [-0.05, 0) is 110 Å². The lowest BCUT2D eigenvalue weighted by Crippen LogP contribution is -2.16. The quantitative estimate of drug-likeness (QED) is 0.184. The van der Waals surface area contributed by atoms with Gasteiger partial charge in [-0.1, -0.05) is 135 Å². The summed E-state index contributed by atoms with van der Waals surface area (Å²) in [6.45, 7) is 4.69. The van der Waals surface area contributed by atoms with Crippen molar-refractivity contribution in [1.82, 2.24) is 0 Å². The largest absolute Gasteiger partial charge is 0.456 e. The molecule has 0 atom stereocenters. The van der Waals surface area contributed by atoms with Gasteiger partial charge in [0.05, 0.1) is 0 Å². The van der Waals surface area contributed by atoms with Crippen LogP contribution in [0.25, 0.3) is 66.1 Å². The minimum Gasteiger partial charge on any atom is -0.456 e.